The second-order valence-electron chi connectivity index (χ2n) is 12.2. The van der Waals surface area contributed by atoms with E-state index in [4.69, 9.17) is 0 Å². The third-order valence-corrected chi connectivity index (χ3v) is 9.70. The number of hydrogen-bond acceptors (Lipinski definition) is 0. The van der Waals surface area contributed by atoms with Gasteiger partial charge in [-0.25, -0.2) is 0 Å². The topological polar surface area (TPSA) is 9.86 Å². The highest BCUT2D eigenvalue weighted by Gasteiger charge is 2.17. The molecule has 0 spiro atoms. The lowest BCUT2D eigenvalue weighted by atomic mass is 10.0. The second-order valence-corrected chi connectivity index (χ2v) is 12.2. The summed E-state index contributed by atoms with van der Waals surface area (Å²) in [4.78, 5) is 0. The van der Waals surface area contributed by atoms with Gasteiger partial charge in [0, 0.05) is 32.3 Å². The van der Waals surface area contributed by atoms with Gasteiger partial charge in [0.2, 0.25) is 0 Å². The van der Waals surface area contributed by atoms with E-state index in [1.54, 1.807) is 0 Å². The first-order valence-corrected chi connectivity index (χ1v) is 15.9. The number of rotatable bonds is 3. The van der Waals surface area contributed by atoms with Crippen molar-refractivity contribution in [2.24, 2.45) is 0 Å². The zero-order valence-corrected chi connectivity index (χ0v) is 25.1. The van der Waals surface area contributed by atoms with Crippen LogP contribution in [0.3, 0.4) is 0 Å². The molecule has 0 aliphatic heterocycles. The molecule has 0 N–H and O–H groups in total. The van der Waals surface area contributed by atoms with Crippen molar-refractivity contribution >= 4 is 65.2 Å². The minimum absolute atomic E-state index is 1.20. The van der Waals surface area contributed by atoms with Gasteiger partial charge in [-0.2, -0.15) is 0 Å². The standard InChI is InChI=1S/C44H28N2/c1-3-15-33-29(11-1)13-9-21-39(33)45-41-19-7-5-17-35(41)37-25-23-31(27-43(37)45)32-24-26-38-36-18-6-8-20-42(36)46(44(38)28-32)40-22-10-14-30-12-2-4-16-34(30)40/h1-28H. The van der Waals surface area contributed by atoms with E-state index in [0.717, 1.165) is 0 Å². The average Bonchev–Trinajstić information content (AvgIpc) is 3.63. The first kappa shape index (κ1) is 25.2. The first-order valence-electron chi connectivity index (χ1n) is 15.9. The molecule has 46 heavy (non-hydrogen) atoms. The fraction of sp³-hybridized carbons (Fsp3) is 0. The van der Waals surface area contributed by atoms with Crippen LogP contribution in [0.15, 0.2) is 170 Å². The van der Waals surface area contributed by atoms with Crippen LogP contribution in [0.25, 0.3) is 87.7 Å². The van der Waals surface area contributed by atoms with E-state index in [2.05, 4.69) is 179 Å². The number of fused-ring (bicyclic) bond motifs is 8. The van der Waals surface area contributed by atoms with Gasteiger partial charge in [-0.15, -0.1) is 0 Å². The molecule has 2 heteroatoms. The minimum atomic E-state index is 1.20. The summed E-state index contributed by atoms with van der Waals surface area (Å²) >= 11 is 0. The molecule has 10 rings (SSSR count). The molecule has 0 aliphatic rings. The van der Waals surface area contributed by atoms with Crippen LogP contribution in [0.5, 0.6) is 0 Å². The van der Waals surface area contributed by atoms with Crippen molar-refractivity contribution in [1.29, 1.82) is 0 Å². The summed E-state index contributed by atoms with van der Waals surface area (Å²) in [6, 6.07) is 62.1. The maximum atomic E-state index is 2.45. The van der Waals surface area contributed by atoms with Crippen molar-refractivity contribution in [2.45, 2.75) is 0 Å². The van der Waals surface area contributed by atoms with Crippen LogP contribution in [-0.2, 0) is 0 Å². The molecule has 0 radical (unpaired) electrons. The highest BCUT2D eigenvalue weighted by atomic mass is 15.0. The molecule has 214 valence electrons. The van der Waals surface area contributed by atoms with Crippen molar-refractivity contribution in [3.05, 3.63) is 170 Å². The SMILES string of the molecule is c1ccc2c(-n3c4ccccc4c4ccc(-c5ccc6c7ccccc7n(-c7cccc8ccccc78)c6c5)cc43)cccc2c1. The third kappa shape index (κ3) is 3.59. The smallest absolute Gasteiger partial charge is 0.0547 e. The van der Waals surface area contributed by atoms with E-state index in [1.807, 2.05) is 0 Å². The molecule has 0 saturated carbocycles. The van der Waals surface area contributed by atoms with Gasteiger partial charge >= 0.3 is 0 Å². The Kier molecular flexibility index (Phi) is 5.31. The van der Waals surface area contributed by atoms with Crippen LogP contribution < -0.4 is 0 Å². The van der Waals surface area contributed by atoms with Gasteiger partial charge < -0.3 is 9.13 Å². The average molecular weight is 585 g/mol. The summed E-state index contributed by atoms with van der Waals surface area (Å²) in [6.45, 7) is 0. The molecule has 10 aromatic rings. The molecule has 0 amide bonds. The maximum absolute atomic E-state index is 2.45. The summed E-state index contributed by atoms with van der Waals surface area (Å²) < 4.78 is 4.89. The van der Waals surface area contributed by atoms with Gasteiger partial charge in [-0.05, 0) is 58.3 Å². The number of para-hydroxylation sites is 2. The largest absolute Gasteiger partial charge is 0.309 e. The van der Waals surface area contributed by atoms with Crippen molar-refractivity contribution in [3.8, 4) is 22.5 Å². The van der Waals surface area contributed by atoms with Crippen LogP contribution in [0.2, 0.25) is 0 Å². The van der Waals surface area contributed by atoms with Crippen molar-refractivity contribution in [1.82, 2.24) is 9.13 Å². The predicted molar refractivity (Wildman–Crippen MR) is 196 cm³/mol. The zero-order chi connectivity index (χ0) is 30.2. The molecule has 0 aliphatic carbocycles. The van der Waals surface area contributed by atoms with E-state index < -0.39 is 0 Å². The van der Waals surface area contributed by atoms with Crippen LogP contribution >= 0.6 is 0 Å². The molecule has 2 aromatic heterocycles. The molecule has 8 aromatic carbocycles. The van der Waals surface area contributed by atoms with Gasteiger partial charge in [0.05, 0.1) is 33.4 Å². The monoisotopic (exact) mass is 584 g/mol. The van der Waals surface area contributed by atoms with Gasteiger partial charge in [0.1, 0.15) is 0 Å². The highest BCUT2D eigenvalue weighted by Crippen LogP contribution is 2.39. The molecular weight excluding hydrogens is 556 g/mol. The molecule has 0 atom stereocenters. The summed E-state index contributed by atoms with van der Waals surface area (Å²) in [6.07, 6.45) is 0. The van der Waals surface area contributed by atoms with E-state index in [1.165, 1.54) is 87.7 Å². The normalized spacial score (nSPS) is 11.9. The van der Waals surface area contributed by atoms with Gasteiger partial charge in [0.15, 0.2) is 0 Å². The fourth-order valence-electron chi connectivity index (χ4n) is 7.63. The molecular formula is C44H28N2. The fourth-order valence-corrected chi connectivity index (χ4v) is 7.63. The first-order chi connectivity index (χ1) is 22.8. The molecule has 2 heterocycles. The Morgan fingerprint density at radius 3 is 1.11 bits per heavy atom. The Morgan fingerprint density at radius 1 is 0.261 bits per heavy atom. The Hall–Kier alpha value is -6.12. The molecule has 0 unspecified atom stereocenters. The quantitative estimate of drug-likeness (QED) is 0.195. The highest BCUT2D eigenvalue weighted by molar-refractivity contribution is 6.13. The van der Waals surface area contributed by atoms with Crippen LogP contribution in [-0.4, -0.2) is 9.13 Å². The lowest BCUT2D eigenvalue weighted by molar-refractivity contribution is 1.20. The second kappa shape index (κ2) is 9.69. The number of aromatic nitrogens is 2. The van der Waals surface area contributed by atoms with Crippen molar-refractivity contribution < 1.29 is 0 Å². The van der Waals surface area contributed by atoms with Crippen molar-refractivity contribution in [2.75, 3.05) is 0 Å². The molecule has 0 saturated heterocycles. The number of nitrogens with zero attached hydrogens (tertiary/aromatic N) is 2. The maximum Gasteiger partial charge on any atom is 0.0547 e. The summed E-state index contributed by atoms with van der Waals surface area (Å²) in [5.41, 5.74) is 9.67. The minimum Gasteiger partial charge on any atom is -0.309 e. The lowest BCUT2D eigenvalue weighted by Crippen LogP contribution is -1.96. The van der Waals surface area contributed by atoms with Gasteiger partial charge in [-0.1, -0.05) is 133 Å². The number of hydrogen-bond donors (Lipinski definition) is 0. The van der Waals surface area contributed by atoms with E-state index >= 15 is 0 Å². The summed E-state index contributed by atoms with van der Waals surface area (Å²) in [5.74, 6) is 0. The molecule has 2 nitrogen and oxygen atoms in total. The van der Waals surface area contributed by atoms with E-state index in [-0.39, 0.29) is 0 Å². The van der Waals surface area contributed by atoms with Gasteiger partial charge in [-0.3, -0.25) is 0 Å². The van der Waals surface area contributed by atoms with Crippen LogP contribution in [0, 0.1) is 0 Å². The third-order valence-electron chi connectivity index (χ3n) is 9.70. The van der Waals surface area contributed by atoms with Crippen molar-refractivity contribution in [3.63, 3.8) is 0 Å². The van der Waals surface area contributed by atoms with E-state index in [0.29, 0.717) is 0 Å². The summed E-state index contributed by atoms with van der Waals surface area (Å²) in [5, 5.41) is 10.0. The number of benzene rings is 8. The molecule has 0 fully saturated rings. The Labute approximate surface area is 266 Å². The Morgan fingerprint density at radius 2 is 0.630 bits per heavy atom. The van der Waals surface area contributed by atoms with Gasteiger partial charge in [0.25, 0.3) is 0 Å². The predicted octanol–water partition coefficient (Wildman–Crippen LogP) is 11.9. The zero-order valence-electron chi connectivity index (χ0n) is 25.1. The Balaban J connectivity index is 1.25. The van der Waals surface area contributed by atoms with Crippen LogP contribution in [0.1, 0.15) is 0 Å². The summed E-state index contributed by atoms with van der Waals surface area (Å²) in [7, 11) is 0. The van der Waals surface area contributed by atoms with E-state index in [9.17, 15) is 0 Å². The Bertz CT molecular complexity index is 2610. The lowest BCUT2D eigenvalue weighted by Gasteiger charge is -2.13. The van der Waals surface area contributed by atoms with Crippen LogP contribution in [0.4, 0.5) is 0 Å². The molecule has 0 bridgehead atoms.